The number of rotatable bonds is 2. The van der Waals surface area contributed by atoms with Crippen LogP contribution in [0.4, 0.5) is 4.39 Å². The lowest BCUT2D eigenvalue weighted by Gasteiger charge is -2.19. The standard InChI is InChI=1S/C13H13FO2/c1-8-5-6-9-3-2-4-10(11(9)7-8)12(14)13(15)16/h4-7,12H,2-3H2,1H3,(H,15,16). The van der Waals surface area contributed by atoms with Gasteiger partial charge in [-0.2, -0.15) is 0 Å². The van der Waals surface area contributed by atoms with Crippen molar-refractivity contribution in [3.8, 4) is 0 Å². The summed E-state index contributed by atoms with van der Waals surface area (Å²) in [5, 5.41) is 8.71. The largest absolute Gasteiger partial charge is 0.479 e. The van der Waals surface area contributed by atoms with E-state index < -0.39 is 12.1 Å². The van der Waals surface area contributed by atoms with Crippen LogP contribution in [0.1, 0.15) is 23.1 Å². The Bertz CT molecular complexity index is 463. The summed E-state index contributed by atoms with van der Waals surface area (Å²) < 4.78 is 13.6. The molecule has 0 saturated carbocycles. The molecule has 0 fully saturated rings. The minimum atomic E-state index is -1.92. The highest BCUT2D eigenvalue weighted by Gasteiger charge is 2.25. The molecule has 0 spiro atoms. The summed E-state index contributed by atoms with van der Waals surface area (Å²) in [5.74, 6) is -1.42. The molecule has 1 aliphatic carbocycles. The second kappa shape index (κ2) is 4.08. The van der Waals surface area contributed by atoms with Crippen LogP contribution in [0.3, 0.4) is 0 Å². The van der Waals surface area contributed by atoms with Crippen molar-refractivity contribution in [2.24, 2.45) is 0 Å². The van der Waals surface area contributed by atoms with E-state index in [4.69, 9.17) is 5.11 Å². The lowest BCUT2D eigenvalue weighted by molar-refractivity contribution is -0.140. The van der Waals surface area contributed by atoms with Gasteiger partial charge in [0.25, 0.3) is 0 Å². The molecule has 3 heteroatoms. The van der Waals surface area contributed by atoms with Gasteiger partial charge in [-0.05, 0) is 30.9 Å². The van der Waals surface area contributed by atoms with Gasteiger partial charge in [-0.1, -0.05) is 29.8 Å². The van der Waals surface area contributed by atoms with Crippen LogP contribution < -0.4 is 0 Å². The number of aliphatic carboxylic acids is 1. The average molecular weight is 220 g/mol. The first-order valence-electron chi connectivity index (χ1n) is 5.26. The van der Waals surface area contributed by atoms with Crippen LogP contribution in [0.5, 0.6) is 0 Å². The average Bonchev–Trinajstić information content (AvgIpc) is 2.27. The molecule has 1 aromatic carbocycles. The smallest absolute Gasteiger partial charge is 0.343 e. The van der Waals surface area contributed by atoms with Crippen molar-refractivity contribution in [1.29, 1.82) is 0 Å². The number of hydrogen-bond acceptors (Lipinski definition) is 1. The summed E-state index contributed by atoms with van der Waals surface area (Å²) in [6, 6.07) is 5.78. The van der Waals surface area contributed by atoms with E-state index in [1.54, 1.807) is 6.08 Å². The number of benzene rings is 1. The number of allylic oxidation sites excluding steroid dienone is 1. The fourth-order valence-electron chi connectivity index (χ4n) is 2.04. The van der Waals surface area contributed by atoms with E-state index in [0.29, 0.717) is 12.0 Å². The van der Waals surface area contributed by atoms with Crippen molar-refractivity contribution < 1.29 is 14.3 Å². The Hall–Kier alpha value is -1.64. The molecule has 2 nitrogen and oxygen atoms in total. The molecule has 0 heterocycles. The van der Waals surface area contributed by atoms with E-state index in [9.17, 15) is 9.18 Å². The number of carboxylic acid groups (broad SMARTS) is 1. The molecule has 0 bridgehead atoms. The Morgan fingerprint density at radius 2 is 2.25 bits per heavy atom. The van der Waals surface area contributed by atoms with E-state index in [1.165, 1.54) is 0 Å². The van der Waals surface area contributed by atoms with E-state index in [0.717, 1.165) is 23.1 Å². The number of halogens is 1. The lowest BCUT2D eigenvalue weighted by Crippen LogP contribution is -2.19. The van der Waals surface area contributed by atoms with Gasteiger partial charge in [-0.3, -0.25) is 0 Å². The minimum absolute atomic E-state index is 0.303. The molecule has 1 aromatic rings. The Balaban J connectivity index is 2.47. The fraction of sp³-hybridized carbons (Fsp3) is 0.308. The van der Waals surface area contributed by atoms with Gasteiger partial charge < -0.3 is 5.11 Å². The van der Waals surface area contributed by atoms with Gasteiger partial charge in [-0.25, -0.2) is 9.18 Å². The summed E-state index contributed by atoms with van der Waals surface area (Å²) in [6.07, 6.45) is 1.34. The van der Waals surface area contributed by atoms with E-state index >= 15 is 0 Å². The summed E-state index contributed by atoms with van der Waals surface area (Å²) in [4.78, 5) is 10.7. The quantitative estimate of drug-likeness (QED) is 0.832. The van der Waals surface area contributed by atoms with Crippen molar-refractivity contribution in [3.05, 3.63) is 41.0 Å². The van der Waals surface area contributed by atoms with Crippen molar-refractivity contribution >= 4 is 11.5 Å². The highest BCUT2D eigenvalue weighted by molar-refractivity contribution is 5.91. The molecule has 1 atom stereocenters. The number of fused-ring (bicyclic) bond motifs is 1. The van der Waals surface area contributed by atoms with E-state index in [2.05, 4.69) is 0 Å². The third-order valence-electron chi connectivity index (χ3n) is 2.84. The highest BCUT2D eigenvalue weighted by Crippen LogP contribution is 2.31. The summed E-state index contributed by atoms with van der Waals surface area (Å²) in [7, 11) is 0. The molecule has 0 aromatic heterocycles. The molecule has 1 unspecified atom stereocenters. The fourth-order valence-corrected chi connectivity index (χ4v) is 2.04. The predicted octanol–water partition coefficient (Wildman–Crippen LogP) is 2.75. The summed E-state index contributed by atoms with van der Waals surface area (Å²) in [6.45, 7) is 1.92. The molecule has 16 heavy (non-hydrogen) atoms. The number of alkyl halides is 1. The maximum atomic E-state index is 13.6. The maximum Gasteiger partial charge on any atom is 0.343 e. The third kappa shape index (κ3) is 1.85. The van der Waals surface area contributed by atoms with E-state index in [-0.39, 0.29) is 0 Å². The van der Waals surface area contributed by atoms with Crippen molar-refractivity contribution in [2.45, 2.75) is 25.9 Å². The van der Waals surface area contributed by atoms with Gasteiger partial charge in [-0.15, -0.1) is 0 Å². The van der Waals surface area contributed by atoms with Crippen LogP contribution in [-0.2, 0) is 11.2 Å². The van der Waals surface area contributed by atoms with E-state index in [1.807, 2.05) is 25.1 Å². The Morgan fingerprint density at radius 3 is 2.94 bits per heavy atom. The summed E-state index contributed by atoms with van der Waals surface area (Å²) >= 11 is 0. The van der Waals surface area contributed by atoms with Crippen LogP contribution in [0, 0.1) is 6.92 Å². The van der Waals surface area contributed by atoms with Crippen molar-refractivity contribution in [1.82, 2.24) is 0 Å². The SMILES string of the molecule is Cc1ccc2c(c1)C(C(F)C(=O)O)=CCC2. The molecular formula is C13H13FO2. The molecule has 1 aliphatic rings. The first-order chi connectivity index (χ1) is 7.59. The van der Waals surface area contributed by atoms with Crippen LogP contribution >= 0.6 is 0 Å². The predicted molar refractivity (Wildman–Crippen MR) is 60.0 cm³/mol. The maximum absolute atomic E-state index is 13.6. The van der Waals surface area contributed by atoms with Crippen LogP contribution in [-0.4, -0.2) is 17.2 Å². The summed E-state index contributed by atoms with van der Waals surface area (Å²) in [5.41, 5.74) is 3.11. The van der Waals surface area contributed by atoms with Crippen LogP contribution in [0.25, 0.3) is 5.57 Å². The van der Waals surface area contributed by atoms with Gasteiger partial charge in [0, 0.05) is 5.57 Å². The van der Waals surface area contributed by atoms with Crippen molar-refractivity contribution in [3.63, 3.8) is 0 Å². The molecule has 84 valence electrons. The van der Waals surface area contributed by atoms with Crippen LogP contribution in [0.15, 0.2) is 24.3 Å². The number of aryl methyl sites for hydroxylation is 2. The number of hydrogen-bond donors (Lipinski definition) is 1. The molecule has 0 aliphatic heterocycles. The van der Waals surface area contributed by atoms with Gasteiger partial charge in [0.05, 0.1) is 0 Å². The zero-order valence-corrected chi connectivity index (χ0v) is 9.03. The monoisotopic (exact) mass is 220 g/mol. The minimum Gasteiger partial charge on any atom is -0.479 e. The molecule has 1 N–H and O–H groups in total. The second-order valence-electron chi connectivity index (χ2n) is 4.06. The molecule has 0 amide bonds. The Kier molecular flexibility index (Phi) is 2.77. The highest BCUT2D eigenvalue weighted by atomic mass is 19.1. The second-order valence-corrected chi connectivity index (χ2v) is 4.06. The zero-order chi connectivity index (χ0) is 11.7. The first-order valence-corrected chi connectivity index (χ1v) is 5.26. The molecule has 0 saturated heterocycles. The molecule has 2 rings (SSSR count). The third-order valence-corrected chi connectivity index (χ3v) is 2.84. The Morgan fingerprint density at radius 1 is 1.50 bits per heavy atom. The first kappa shape index (κ1) is 10.9. The normalized spacial score (nSPS) is 16.2. The van der Waals surface area contributed by atoms with Crippen molar-refractivity contribution in [2.75, 3.05) is 0 Å². The van der Waals surface area contributed by atoms with Gasteiger partial charge >= 0.3 is 5.97 Å². The Labute approximate surface area is 93.4 Å². The number of carbonyl (C=O) groups is 1. The van der Waals surface area contributed by atoms with Gasteiger partial charge in [0.2, 0.25) is 6.17 Å². The molecular weight excluding hydrogens is 207 g/mol. The van der Waals surface area contributed by atoms with Gasteiger partial charge in [0.1, 0.15) is 0 Å². The zero-order valence-electron chi connectivity index (χ0n) is 9.03. The lowest BCUT2D eigenvalue weighted by atomic mass is 9.87. The number of carboxylic acids is 1. The molecule has 0 radical (unpaired) electrons. The van der Waals surface area contributed by atoms with Gasteiger partial charge in [0.15, 0.2) is 0 Å². The van der Waals surface area contributed by atoms with Crippen LogP contribution in [0.2, 0.25) is 0 Å². The topological polar surface area (TPSA) is 37.3 Å².